The SMILES string of the molecule is CCOC(=O)N1CCN(C(C)CC2COCCN2)CC1. The van der Waals surface area contributed by atoms with E-state index in [1.807, 2.05) is 6.92 Å². The molecular formula is C14H27N3O3. The third-order valence-electron chi connectivity index (χ3n) is 4.09. The molecule has 2 rings (SSSR count). The Morgan fingerprint density at radius 1 is 1.40 bits per heavy atom. The number of piperazine rings is 1. The molecule has 2 heterocycles. The van der Waals surface area contributed by atoms with Gasteiger partial charge >= 0.3 is 6.09 Å². The molecule has 0 saturated carbocycles. The van der Waals surface area contributed by atoms with Gasteiger partial charge in [-0.1, -0.05) is 0 Å². The van der Waals surface area contributed by atoms with Gasteiger partial charge in [-0.3, -0.25) is 4.90 Å². The average molecular weight is 285 g/mol. The second-order valence-corrected chi connectivity index (χ2v) is 5.53. The Morgan fingerprint density at radius 3 is 2.75 bits per heavy atom. The molecule has 2 aliphatic rings. The Labute approximate surface area is 121 Å². The van der Waals surface area contributed by atoms with Crippen LogP contribution < -0.4 is 5.32 Å². The fraction of sp³-hybridized carbons (Fsp3) is 0.929. The summed E-state index contributed by atoms with van der Waals surface area (Å²) in [7, 11) is 0. The highest BCUT2D eigenvalue weighted by molar-refractivity contribution is 5.67. The molecule has 2 fully saturated rings. The standard InChI is InChI=1S/C14H27N3O3/c1-3-20-14(18)17-7-5-16(6-8-17)12(2)10-13-11-19-9-4-15-13/h12-13,15H,3-11H2,1-2H3. The Kier molecular flexibility index (Phi) is 6.06. The van der Waals surface area contributed by atoms with Crippen LogP contribution in [-0.4, -0.2) is 80.5 Å². The van der Waals surface area contributed by atoms with Crippen LogP contribution in [0.1, 0.15) is 20.3 Å². The summed E-state index contributed by atoms with van der Waals surface area (Å²) in [5.74, 6) is 0. The fourth-order valence-corrected chi connectivity index (χ4v) is 2.89. The number of hydrogen-bond acceptors (Lipinski definition) is 5. The summed E-state index contributed by atoms with van der Waals surface area (Å²) in [6.07, 6.45) is 0.918. The highest BCUT2D eigenvalue weighted by Crippen LogP contribution is 2.13. The van der Waals surface area contributed by atoms with E-state index in [-0.39, 0.29) is 6.09 Å². The molecule has 1 N–H and O–H groups in total. The normalized spacial score (nSPS) is 26.3. The van der Waals surface area contributed by atoms with E-state index in [0.717, 1.165) is 52.4 Å². The molecule has 0 aromatic heterocycles. The van der Waals surface area contributed by atoms with Crippen LogP contribution in [-0.2, 0) is 9.47 Å². The average Bonchev–Trinajstić information content (AvgIpc) is 2.48. The number of morpholine rings is 1. The Morgan fingerprint density at radius 2 is 2.15 bits per heavy atom. The predicted molar refractivity (Wildman–Crippen MR) is 76.9 cm³/mol. The highest BCUT2D eigenvalue weighted by atomic mass is 16.6. The fourth-order valence-electron chi connectivity index (χ4n) is 2.89. The lowest BCUT2D eigenvalue weighted by molar-refractivity contribution is 0.0458. The van der Waals surface area contributed by atoms with Crippen molar-refractivity contribution in [2.24, 2.45) is 0 Å². The van der Waals surface area contributed by atoms with Gasteiger partial charge in [0.05, 0.1) is 19.8 Å². The lowest BCUT2D eigenvalue weighted by Gasteiger charge is -2.39. The maximum absolute atomic E-state index is 11.7. The molecule has 20 heavy (non-hydrogen) atoms. The van der Waals surface area contributed by atoms with Gasteiger partial charge in [-0.05, 0) is 20.3 Å². The zero-order valence-corrected chi connectivity index (χ0v) is 12.6. The third-order valence-corrected chi connectivity index (χ3v) is 4.09. The molecule has 116 valence electrons. The second-order valence-electron chi connectivity index (χ2n) is 5.53. The van der Waals surface area contributed by atoms with Gasteiger partial charge in [0, 0.05) is 44.8 Å². The molecule has 0 radical (unpaired) electrons. The molecule has 6 nitrogen and oxygen atoms in total. The number of carbonyl (C=O) groups is 1. The van der Waals surface area contributed by atoms with Crippen molar-refractivity contribution in [3.05, 3.63) is 0 Å². The van der Waals surface area contributed by atoms with E-state index < -0.39 is 0 Å². The van der Waals surface area contributed by atoms with E-state index in [1.165, 1.54) is 0 Å². The van der Waals surface area contributed by atoms with Crippen LogP contribution in [0.25, 0.3) is 0 Å². The summed E-state index contributed by atoms with van der Waals surface area (Å²) < 4.78 is 10.5. The number of nitrogens with one attached hydrogen (secondary N) is 1. The van der Waals surface area contributed by atoms with Gasteiger partial charge in [-0.15, -0.1) is 0 Å². The van der Waals surface area contributed by atoms with E-state index in [4.69, 9.17) is 9.47 Å². The maximum atomic E-state index is 11.7. The molecule has 0 spiro atoms. The predicted octanol–water partition coefficient (Wildman–Crippen LogP) is 0.528. The van der Waals surface area contributed by atoms with Gasteiger partial charge in [0.25, 0.3) is 0 Å². The van der Waals surface area contributed by atoms with E-state index in [9.17, 15) is 4.79 Å². The van der Waals surface area contributed by atoms with Crippen molar-refractivity contribution in [2.45, 2.75) is 32.4 Å². The number of ether oxygens (including phenoxy) is 2. The second kappa shape index (κ2) is 7.81. The molecule has 0 bridgehead atoms. The first-order valence-corrected chi connectivity index (χ1v) is 7.67. The molecule has 0 aliphatic carbocycles. The minimum atomic E-state index is -0.179. The number of amides is 1. The van der Waals surface area contributed by atoms with E-state index in [1.54, 1.807) is 4.90 Å². The van der Waals surface area contributed by atoms with E-state index in [0.29, 0.717) is 18.7 Å². The molecule has 0 aromatic carbocycles. The quantitative estimate of drug-likeness (QED) is 0.816. The van der Waals surface area contributed by atoms with Crippen molar-refractivity contribution in [3.63, 3.8) is 0 Å². The Bertz CT molecular complexity index is 300. The maximum Gasteiger partial charge on any atom is 0.409 e. The minimum Gasteiger partial charge on any atom is -0.450 e. The van der Waals surface area contributed by atoms with Crippen molar-refractivity contribution >= 4 is 6.09 Å². The van der Waals surface area contributed by atoms with Crippen molar-refractivity contribution in [3.8, 4) is 0 Å². The van der Waals surface area contributed by atoms with Crippen molar-refractivity contribution in [1.82, 2.24) is 15.1 Å². The Hall–Kier alpha value is -0.850. The van der Waals surface area contributed by atoms with Gasteiger partial charge in [0.15, 0.2) is 0 Å². The van der Waals surface area contributed by atoms with Crippen LogP contribution in [0, 0.1) is 0 Å². The number of rotatable bonds is 4. The molecular weight excluding hydrogens is 258 g/mol. The van der Waals surface area contributed by atoms with Gasteiger partial charge in [-0.2, -0.15) is 0 Å². The smallest absolute Gasteiger partial charge is 0.409 e. The summed E-state index contributed by atoms with van der Waals surface area (Å²) in [6.45, 7) is 10.5. The topological polar surface area (TPSA) is 54.0 Å². The van der Waals surface area contributed by atoms with Crippen LogP contribution >= 0.6 is 0 Å². The molecule has 2 atom stereocenters. The zero-order chi connectivity index (χ0) is 14.4. The lowest BCUT2D eigenvalue weighted by atomic mass is 10.1. The van der Waals surface area contributed by atoms with Crippen LogP contribution in [0.2, 0.25) is 0 Å². The first-order chi connectivity index (χ1) is 9.70. The van der Waals surface area contributed by atoms with Crippen molar-refractivity contribution in [2.75, 3.05) is 52.5 Å². The van der Waals surface area contributed by atoms with Gasteiger partial charge in [-0.25, -0.2) is 4.79 Å². The molecule has 0 aromatic rings. The van der Waals surface area contributed by atoms with E-state index in [2.05, 4.69) is 17.1 Å². The highest BCUT2D eigenvalue weighted by Gasteiger charge is 2.26. The summed E-state index contributed by atoms with van der Waals surface area (Å²) in [5, 5.41) is 3.50. The molecule has 2 aliphatic heterocycles. The van der Waals surface area contributed by atoms with Crippen molar-refractivity contribution in [1.29, 1.82) is 0 Å². The number of nitrogens with zero attached hydrogens (tertiary/aromatic N) is 2. The summed E-state index contributed by atoms with van der Waals surface area (Å²) in [6, 6.07) is 0.973. The summed E-state index contributed by atoms with van der Waals surface area (Å²) in [4.78, 5) is 15.9. The summed E-state index contributed by atoms with van der Waals surface area (Å²) in [5.41, 5.74) is 0. The number of hydrogen-bond donors (Lipinski definition) is 1. The number of carbonyl (C=O) groups excluding carboxylic acids is 1. The van der Waals surface area contributed by atoms with E-state index >= 15 is 0 Å². The molecule has 1 amide bonds. The van der Waals surface area contributed by atoms with Crippen LogP contribution in [0.15, 0.2) is 0 Å². The van der Waals surface area contributed by atoms with Gasteiger partial charge in [0.2, 0.25) is 0 Å². The van der Waals surface area contributed by atoms with Gasteiger partial charge < -0.3 is 19.7 Å². The third kappa shape index (κ3) is 4.33. The van der Waals surface area contributed by atoms with Crippen molar-refractivity contribution < 1.29 is 14.3 Å². The Balaban J connectivity index is 1.71. The largest absolute Gasteiger partial charge is 0.450 e. The van der Waals surface area contributed by atoms with Crippen LogP contribution in [0.4, 0.5) is 4.79 Å². The lowest BCUT2D eigenvalue weighted by Crippen LogP contribution is -2.53. The van der Waals surface area contributed by atoms with Gasteiger partial charge in [0.1, 0.15) is 0 Å². The minimum absolute atomic E-state index is 0.179. The summed E-state index contributed by atoms with van der Waals surface area (Å²) >= 11 is 0. The molecule has 2 unspecified atom stereocenters. The van der Waals surface area contributed by atoms with Crippen LogP contribution in [0.5, 0.6) is 0 Å². The monoisotopic (exact) mass is 285 g/mol. The molecule has 2 saturated heterocycles. The van der Waals surface area contributed by atoms with Crippen LogP contribution in [0.3, 0.4) is 0 Å². The molecule has 6 heteroatoms. The first-order valence-electron chi connectivity index (χ1n) is 7.67. The first kappa shape index (κ1) is 15.5. The zero-order valence-electron chi connectivity index (χ0n) is 12.6.